The average molecular weight is 426 g/mol. The first-order chi connectivity index (χ1) is 12.9. The number of carbonyl (C=O) groups excluding carboxylic acids is 1. The normalized spacial score (nSPS) is 11.8. The summed E-state index contributed by atoms with van der Waals surface area (Å²) in [7, 11) is -6.19. The van der Waals surface area contributed by atoms with Crippen molar-refractivity contribution in [3.05, 3.63) is 64.2 Å². The molecule has 9 nitrogen and oxygen atoms in total. The first-order valence-electron chi connectivity index (χ1n) is 7.94. The first kappa shape index (κ1) is 21.5. The molecular weight excluding hydrogens is 408 g/mol. The highest BCUT2D eigenvalue weighted by Gasteiger charge is 2.26. The highest BCUT2D eigenvalue weighted by atomic mass is 32.2. The van der Waals surface area contributed by atoms with Crippen molar-refractivity contribution < 1.29 is 26.6 Å². The number of nitro groups is 1. The largest absolute Gasteiger partial charge is 0.311 e. The first-order valence-corrected chi connectivity index (χ1v) is 11.7. The second-order valence-electron chi connectivity index (χ2n) is 6.09. The molecule has 0 aliphatic rings. The molecule has 150 valence electrons. The number of rotatable bonds is 7. The Balaban J connectivity index is 2.42. The molecule has 0 spiro atoms. The minimum atomic E-state index is -4.04. The van der Waals surface area contributed by atoms with Crippen molar-refractivity contribution >= 4 is 37.0 Å². The molecule has 0 fully saturated rings. The van der Waals surface area contributed by atoms with E-state index in [1.807, 2.05) is 0 Å². The molecule has 0 unspecified atom stereocenters. The van der Waals surface area contributed by atoms with E-state index in [2.05, 4.69) is 0 Å². The van der Waals surface area contributed by atoms with E-state index in [0.717, 1.165) is 11.2 Å². The van der Waals surface area contributed by atoms with Crippen LogP contribution in [0.15, 0.2) is 53.4 Å². The van der Waals surface area contributed by atoms with Gasteiger partial charge in [-0.2, -0.15) is 0 Å². The molecule has 0 aliphatic carbocycles. The third kappa shape index (κ3) is 5.14. The molecule has 2 aromatic carbocycles. The second-order valence-corrected chi connectivity index (χ2v) is 10.4. The smallest absolute Gasteiger partial charge is 0.271 e. The third-order valence-electron chi connectivity index (χ3n) is 3.91. The highest BCUT2D eigenvalue weighted by molar-refractivity contribution is 7.94. The zero-order chi connectivity index (χ0) is 21.1. The van der Waals surface area contributed by atoms with E-state index in [1.165, 1.54) is 55.6 Å². The molecule has 2 aromatic rings. The molecule has 0 N–H and O–H groups in total. The van der Waals surface area contributed by atoms with Crippen molar-refractivity contribution in [1.82, 2.24) is 0 Å². The van der Waals surface area contributed by atoms with Crippen LogP contribution in [0, 0.1) is 10.1 Å². The fraction of sp³-hybridized carbons (Fsp3) is 0.235. The predicted molar refractivity (Wildman–Crippen MR) is 104 cm³/mol. The van der Waals surface area contributed by atoms with E-state index in [0.29, 0.717) is 0 Å². The maximum absolute atomic E-state index is 12.9. The number of nitro benzene ring substituents is 1. The lowest BCUT2D eigenvalue weighted by atomic mass is 10.2. The number of hydrogen-bond acceptors (Lipinski definition) is 7. The van der Waals surface area contributed by atoms with E-state index in [-0.39, 0.29) is 21.8 Å². The molecule has 0 saturated carbocycles. The van der Waals surface area contributed by atoms with E-state index >= 15 is 0 Å². The van der Waals surface area contributed by atoms with Crippen LogP contribution in [-0.4, -0.2) is 52.5 Å². The average Bonchev–Trinajstić information content (AvgIpc) is 2.65. The Kier molecular flexibility index (Phi) is 6.20. The molecule has 0 radical (unpaired) electrons. The lowest BCUT2D eigenvalue weighted by molar-refractivity contribution is -0.384. The number of anilines is 1. The van der Waals surface area contributed by atoms with Crippen molar-refractivity contribution in [3.63, 3.8) is 0 Å². The summed E-state index contributed by atoms with van der Waals surface area (Å²) in [5.74, 6) is -1.92. The molecule has 0 atom stereocenters. The van der Waals surface area contributed by atoms with Crippen molar-refractivity contribution in [1.29, 1.82) is 0 Å². The van der Waals surface area contributed by atoms with Gasteiger partial charge in [0.15, 0.2) is 9.84 Å². The number of non-ortho nitro benzene ring substituents is 1. The Labute approximate surface area is 162 Å². The molecular formula is C17H18N2O7S2. The van der Waals surface area contributed by atoms with Crippen molar-refractivity contribution in [2.75, 3.05) is 29.7 Å². The predicted octanol–water partition coefficient (Wildman–Crippen LogP) is 1.69. The van der Waals surface area contributed by atoms with Gasteiger partial charge in [0.25, 0.3) is 11.6 Å². The third-order valence-corrected chi connectivity index (χ3v) is 6.88. The Morgan fingerprint density at radius 3 is 2.29 bits per heavy atom. The molecule has 2 rings (SSSR count). The van der Waals surface area contributed by atoms with Gasteiger partial charge in [-0.05, 0) is 18.2 Å². The number of amides is 1. The molecule has 0 saturated heterocycles. The molecule has 1 amide bonds. The van der Waals surface area contributed by atoms with Gasteiger partial charge in [0.2, 0.25) is 0 Å². The highest BCUT2D eigenvalue weighted by Crippen LogP contribution is 2.24. The van der Waals surface area contributed by atoms with Gasteiger partial charge < -0.3 is 4.90 Å². The summed E-state index contributed by atoms with van der Waals surface area (Å²) in [6.07, 6.45) is 0.926. The van der Waals surface area contributed by atoms with Crippen LogP contribution >= 0.6 is 0 Å². The number of sulfone groups is 2. The van der Waals surface area contributed by atoms with E-state index in [4.69, 9.17) is 0 Å². The van der Waals surface area contributed by atoms with E-state index in [9.17, 15) is 31.7 Å². The van der Waals surface area contributed by atoms with Crippen molar-refractivity contribution in [3.8, 4) is 0 Å². The summed E-state index contributed by atoms with van der Waals surface area (Å²) in [6.45, 7) is 0. The van der Waals surface area contributed by atoms with Crippen molar-refractivity contribution in [2.24, 2.45) is 0 Å². The maximum atomic E-state index is 12.9. The monoisotopic (exact) mass is 426 g/mol. The molecule has 0 heterocycles. The van der Waals surface area contributed by atoms with Crippen LogP contribution < -0.4 is 4.90 Å². The van der Waals surface area contributed by atoms with E-state index < -0.39 is 42.0 Å². The number of hydrogen-bond donors (Lipinski definition) is 0. The standard InChI is InChI=1S/C17H18N2O7S2/c1-18(13-6-5-7-14(12-13)19(21)22)17(20)15-8-3-4-9-16(15)28(25,26)11-10-27(2,23)24/h3-9,12H,10-11H2,1-2H3. The number of nitrogens with zero attached hydrogens (tertiary/aromatic N) is 2. The quantitative estimate of drug-likeness (QED) is 0.486. The van der Waals surface area contributed by atoms with Crippen LogP contribution in [0.4, 0.5) is 11.4 Å². The topological polar surface area (TPSA) is 132 Å². The summed E-state index contributed by atoms with van der Waals surface area (Å²) < 4.78 is 47.8. The maximum Gasteiger partial charge on any atom is 0.271 e. The Morgan fingerprint density at radius 2 is 1.68 bits per heavy atom. The van der Waals surface area contributed by atoms with Gasteiger partial charge in [0.05, 0.1) is 32.6 Å². The summed E-state index contributed by atoms with van der Waals surface area (Å²) >= 11 is 0. The fourth-order valence-electron chi connectivity index (χ4n) is 2.40. The van der Waals surface area contributed by atoms with Gasteiger partial charge in [0.1, 0.15) is 9.84 Å². The lowest BCUT2D eigenvalue weighted by Gasteiger charge is -2.19. The molecule has 0 bridgehead atoms. The zero-order valence-electron chi connectivity index (χ0n) is 15.1. The van der Waals surface area contributed by atoms with Gasteiger partial charge in [-0.1, -0.05) is 18.2 Å². The lowest BCUT2D eigenvalue weighted by Crippen LogP contribution is -2.28. The van der Waals surface area contributed by atoms with Crippen LogP contribution in [0.3, 0.4) is 0 Å². The van der Waals surface area contributed by atoms with Gasteiger partial charge in [0, 0.05) is 25.4 Å². The molecule has 0 aliphatic heterocycles. The minimum absolute atomic E-state index is 0.148. The fourth-order valence-corrected chi connectivity index (χ4v) is 5.48. The molecule has 11 heteroatoms. The minimum Gasteiger partial charge on any atom is -0.311 e. The van der Waals surface area contributed by atoms with Crippen LogP contribution in [0.1, 0.15) is 10.4 Å². The zero-order valence-corrected chi connectivity index (χ0v) is 16.7. The van der Waals surface area contributed by atoms with Gasteiger partial charge in [-0.3, -0.25) is 14.9 Å². The summed E-state index contributed by atoms with van der Waals surface area (Å²) in [5, 5.41) is 10.9. The van der Waals surface area contributed by atoms with Gasteiger partial charge in [-0.15, -0.1) is 0 Å². The van der Waals surface area contributed by atoms with Gasteiger partial charge >= 0.3 is 0 Å². The van der Waals surface area contributed by atoms with E-state index in [1.54, 1.807) is 0 Å². The Hall–Kier alpha value is -2.79. The SMILES string of the molecule is CN(C(=O)c1ccccc1S(=O)(=O)CCS(C)(=O)=O)c1cccc([N+](=O)[O-])c1. The van der Waals surface area contributed by atoms with Crippen LogP contribution in [0.5, 0.6) is 0 Å². The van der Waals surface area contributed by atoms with Crippen LogP contribution in [0.2, 0.25) is 0 Å². The van der Waals surface area contributed by atoms with Crippen LogP contribution in [0.25, 0.3) is 0 Å². The Morgan fingerprint density at radius 1 is 1.04 bits per heavy atom. The number of carbonyl (C=O) groups is 1. The van der Waals surface area contributed by atoms with Crippen molar-refractivity contribution in [2.45, 2.75) is 4.90 Å². The summed E-state index contributed by atoms with van der Waals surface area (Å²) in [6, 6.07) is 10.8. The van der Waals surface area contributed by atoms with Crippen LogP contribution in [-0.2, 0) is 19.7 Å². The summed E-state index contributed by atoms with van der Waals surface area (Å²) in [5.41, 5.74) is -0.154. The molecule has 28 heavy (non-hydrogen) atoms. The second kappa shape index (κ2) is 8.07. The summed E-state index contributed by atoms with van der Waals surface area (Å²) in [4.78, 5) is 24.0. The van der Waals surface area contributed by atoms with Gasteiger partial charge in [-0.25, -0.2) is 16.8 Å². The number of benzene rings is 2. The molecule has 0 aromatic heterocycles. The Bertz CT molecular complexity index is 1130.